The van der Waals surface area contributed by atoms with E-state index >= 15 is 0 Å². The van der Waals surface area contributed by atoms with E-state index in [1.165, 1.54) is 9.13 Å². The molecule has 1 atom stereocenters. The molecule has 2 aromatic rings. The topological polar surface area (TPSA) is 26.9 Å². The molecule has 3 nitrogen and oxygen atoms in total. The summed E-state index contributed by atoms with van der Waals surface area (Å²) in [6.45, 7) is 0. The molecule has 0 aliphatic rings. The Kier molecular flexibility index (Phi) is 4.00. The fraction of sp³-hybridized carbons (Fsp3) is 0.462. The quantitative estimate of drug-likeness (QED) is 0.776. The zero-order chi connectivity index (χ0) is 15.1. The predicted octanol–water partition coefficient (Wildman–Crippen LogP) is 3.66. The van der Waals surface area contributed by atoms with Gasteiger partial charge in [-0.3, -0.25) is 9.13 Å². The van der Waals surface area contributed by atoms with Crippen LogP contribution in [-0.2, 0) is 14.1 Å². The number of halogens is 4. The third-order valence-corrected chi connectivity index (χ3v) is 4.33. The van der Waals surface area contributed by atoms with Crippen LogP contribution in [0.15, 0.2) is 23.0 Å². The second-order valence-corrected chi connectivity index (χ2v) is 5.88. The van der Waals surface area contributed by atoms with Gasteiger partial charge in [0.2, 0.25) is 0 Å². The van der Waals surface area contributed by atoms with Crippen LogP contribution in [0, 0.1) is 0 Å². The minimum atomic E-state index is -4.16. The van der Waals surface area contributed by atoms with Crippen LogP contribution in [0.25, 0.3) is 11.0 Å². The molecule has 1 heterocycles. The summed E-state index contributed by atoms with van der Waals surface area (Å²) in [5, 5.41) is 0. The molecular formula is C13H14BrF3N2O. The molecular weight excluding hydrogens is 337 g/mol. The lowest BCUT2D eigenvalue weighted by Crippen LogP contribution is -2.19. The minimum Gasteiger partial charge on any atom is -0.295 e. The number of aryl methyl sites for hydroxylation is 2. The molecule has 0 bridgehead atoms. The van der Waals surface area contributed by atoms with E-state index in [1.54, 1.807) is 32.3 Å². The van der Waals surface area contributed by atoms with E-state index < -0.39 is 12.6 Å². The number of aromatic nitrogens is 2. The van der Waals surface area contributed by atoms with Crippen LogP contribution in [0.3, 0.4) is 0 Å². The van der Waals surface area contributed by atoms with Gasteiger partial charge in [-0.2, -0.15) is 13.2 Å². The Morgan fingerprint density at radius 1 is 1.20 bits per heavy atom. The Hall–Kier alpha value is -1.24. The van der Waals surface area contributed by atoms with Gasteiger partial charge in [0.1, 0.15) is 0 Å². The molecule has 0 N–H and O–H groups in total. The number of alkyl halides is 4. The molecule has 1 aromatic heterocycles. The molecule has 0 aliphatic carbocycles. The Labute approximate surface area is 122 Å². The Bertz CT molecular complexity index is 687. The Morgan fingerprint density at radius 3 is 2.40 bits per heavy atom. The van der Waals surface area contributed by atoms with Gasteiger partial charge in [-0.05, 0) is 24.1 Å². The van der Waals surface area contributed by atoms with Crippen molar-refractivity contribution in [1.29, 1.82) is 0 Å². The van der Waals surface area contributed by atoms with E-state index in [1.807, 2.05) is 0 Å². The number of rotatable bonds is 3. The fourth-order valence-corrected chi connectivity index (χ4v) is 2.69. The molecule has 0 radical (unpaired) electrons. The maximum Gasteiger partial charge on any atom is 0.389 e. The SMILES string of the molecule is Cn1c(=O)n(C)c2cc(C(Br)CCC(F)(F)F)ccc21. The fourth-order valence-electron chi connectivity index (χ4n) is 2.18. The van der Waals surface area contributed by atoms with Gasteiger partial charge in [-0.25, -0.2) is 4.79 Å². The first kappa shape index (κ1) is 15.2. The number of imidazole rings is 1. The average Bonchev–Trinajstić information content (AvgIpc) is 2.60. The number of fused-ring (bicyclic) bond motifs is 1. The summed E-state index contributed by atoms with van der Waals surface area (Å²) < 4.78 is 39.7. The third-order valence-electron chi connectivity index (χ3n) is 3.34. The highest BCUT2D eigenvalue weighted by Gasteiger charge is 2.28. The van der Waals surface area contributed by atoms with Crippen molar-refractivity contribution in [2.24, 2.45) is 14.1 Å². The zero-order valence-electron chi connectivity index (χ0n) is 11.0. The largest absolute Gasteiger partial charge is 0.389 e. The highest BCUT2D eigenvalue weighted by Crippen LogP contribution is 2.33. The number of hydrogen-bond acceptors (Lipinski definition) is 1. The van der Waals surface area contributed by atoms with Gasteiger partial charge >= 0.3 is 11.9 Å². The zero-order valence-corrected chi connectivity index (χ0v) is 12.6. The maximum atomic E-state index is 12.2. The van der Waals surface area contributed by atoms with Crippen LogP contribution in [-0.4, -0.2) is 15.3 Å². The van der Waals surface area contributed by atoms with E-state index in [2.05, 4.69) is 15.9 Å². The van der Waals surface area contributed by atoms with Gasteiger partial charge in [0.15, 0.2) is 0 Å². The molecule has 0 amide bonds. The van der Waals surface area contributed by atoms with Gasteiger partial charge in [0.05, 0.1) is 11.0 Å². The first-order valence-corrected chi connectivity index (χ1v) is 6.98. The summed E-state index contributed by atoms with van der Waals surface area (Å²) in [6.07, 6.45) is -5.03. The van der Waals surface area contributed by atoms with E-state index in [9.17, 15) is 18.0 Å². The number of hydrogen-bond donors (Lipinski definition) is 0. The van der Waals surface area contributed by atoms with Crippen molar-refractivity contribution in [1.82, 2.24) is 9.13 Å². The smallest absolute Gasteiger partial charge is 0.295 e. The van der Waals surface area contributed by atoms with Gasteiger partial charge in [0, 0.05) is 25.3 Å². The van der Waals surface area contributed by atoms with Crippen molar-refractivity contribution in [3.8, 4) is 0 Å². The Balaban J connectivity index is 2.32. The third kappa shape index (κ3) is 2.92. The van der Waals surface area contributed by atoms with Crippen LogP contribution in [0.5, 0.6) is 0 Å². The van der Waals surface area contributed by atoms with E-state index in [4.69, 9.17) is 0 Å². The first-order chi connectivity index (χ1) is 9.20. The second kappa shape index (κ2) is 5.27. The van der Waals surface area contributed by atoms with Crippen molar-refractivity contribution in [2.45, 2.75) is 23.8 Å². The predicted molar refractivity (Wildman–Crippen MR) is 75.1 cm³/mol. The van der Waals surface area contributed by atoms with Crippen molar-refractivity contribution >= 4 is 27.0 Å². The van der Waals surface area contributed by atoms with Crippen LogP contribution >= 0.6 is 15.9 Å². The van der Waals surface area contributed by atoms with Crippen LogP contribution in [0.1, 0.15) is 23.2 Å². The van der Waals surface area contributed by atoms with E-state index in [-0.39, 0.29) is 16.9 Å². The molecule has 1 unspecified atom stereocenters. The summed E-state index contributed by atoms with van der Waals surface area (Å²) in [4.78, 5) is 11.4. The molecule has 20 heavy (non-hydrogen) atoms. The van der Waals surface area contributed by atoms with Crippen LogP contribution in [0.2, 0.25) is 0 Å². The first-order valence-electron chi connectivity index (χ1n) is 6.07. The molecule has 0 spiro atoms. The molecule has 110 valence electrons. The summed E-state index contributed by atoms with van der Waals surface area (Å²) in [6, 6.07) is 5.26. The molecule has 2 rings (SSSR count). The summed E-state index contributed by atoms with van der Waals surface area (Å²) >= 11 is 3.28. The van der Waals surface area contributed by atoms with Gasteiger partial charge in [-0.1, -0.05) is 22.0 Å². The van der Waals surface area contributed by atoms with Gasteiger partial charge in [-0.15, -0.1) is 0 Å². The summed E-state index contributed by atoms with van der Waals surface area (Å²) in [7, 11) is 3.31. The Morgan fingerprint density at radius 2 is 1.80 bits per heavy atom. The molecule has 0 saturated carbocycles. The highest BCUT2D eigenvalue weighted by atomic mass is 79.9. The lowest BCUT2D eigenvalue weighted by Gasteiger charge is -2.12. The van der Waals surface area contributed by atoms with E-state index in [0.717, 1.165) is 11.1 Å². The normalized spacial score (nSPS) is 13.9. The molecule has 7 heteroatoms. The van der Waals surface area contributed by atoms with Crippen molar-refractivity contribution in [2.75, 3.05) is 0 Å². The van der Waals surface area contributed by atoms with Gasteiger partial charge < -0.3 is 0 Å². The number of nitrogens with zero attached hydrogens (tertiary/aromatic N) is 2. The standard InChI is InChI=1S/C13H14BrF3N2O/c1-18-10-4-3-8(7-11(10)19(2)12(18)20)9(14)5-6-13(15,16)17/h3-4,7,9H,5-6H2,1-2H3. The molecule has 0 saturated heterocycles. The lowest BCUT2D eigenvalue weighted by molar-refractivity contribution is -0.135. The molecule has 0 aliphatic heterocycles. The molecule has 0 fully saturated rings. The maximum absolute atomic E-state index is 12.2. The molecule has 1 aromatic carbocycles. The minimum absolute atomic E-state index is 0.0320. The second-order valence-electron chi connectivity index (χ2n) is 4.77. The monoisotopic (exact) mass is 350 g/mol. The van der Waals surface area contributed by atoms with Gasteiger partial charge in [0.25, 0.3) is 0 Å². The van der Waals surface area contributed by atoms with E-state index in [0.29, 0.717) is 5.52 Å². The van der Waals surface area contributed by atoms with Crippen molar-refractivity contribution in [3.63, 3.8) is 0 Å². The number of benzene rings is 1. The highest BCUT2D eigenvalue weighted by molar-refractivity contribution is 9.09. The lowest BCUT2D eigenvalue weighted by atomic mass is 10.1. The van der Waals surface area contributed by atoms with Crippen molar-refractivity contribution < 1.29 is 13.2 Å². The average molecular weight is 351 g/mol. The summed E-state index contributed by atoms with van der Waals surface area (Å²) in [5.74, 6) is 0. The van der Waals surface area contributed by atoms with Crippen LogP contribution < -0.4 is 5.69 Å². The summed E-state index contributed by atoms with van der Waals surface area (Å²) in [5.41, 5.74) is 2.06. The van der Waals surface area contributed by atoms with Crippen LogP contribution in [0.4, 0.5) is 13.2 Å². The van der Waals surface area contributed by atoms with Crippen molar-refractivity contribution in [3.05, 3.63) is 34.2 Å².